The van der Waals surface area contributed by atoms with Crippen LogP contribution in [0.1, 0.15) is 97.5 Å². The smallest absolute Gasteiger partial charge is 0.376 e. The van der Waals surface area contributed by atoms with E-state index in [0.717, 1.165) is 29.3 Å². The number of hydrogen-bond donors (Lipinski definition) is 1. The molecule has 0 radical (unpaired) electrons. The molecule has 1 N–H and O–H groups in total. The SMILES string of the molecule is Cc1cc(-n2nc3c(c2-n2ccn(-c4ccc5c(cnn5C)c4F)c2=O)[C@H](C)N(C(=O)c2cc4cc([C@H]5CCOC(C)(C)C5)ccc4n2[C@@]2(c4noc(=O)[nH]4)C[C@@H]2C)c2cccnc2-3)cc(C)c1F. The van der Waals surface area contributed by atoms with Gasteiger partial charge in [-0.2, -0.15) is 10.2 Å². The van der Waals surface area contributed by atoms with Crippen molar-refractivity contribution in [2.75, 3.05) is 11.5 Å². The van der Waals surface area contributed by atoms with Gasteiger partial charge in [0.25, 0.3) is 5.91 Å². The van der Waals surface area contributed by atoms with E-state index in [1.54, 1.807) is 65.6 Å². The van der Waals surface area contributed by atoms with E-state index < -0.39 is 28.8 Å². The number of rotatable bonds is 7. The summed E-state index contributed by atoms with van der Waals surface area (Å²) in [5, 5.41) is 14.6. The Hall–Kier alpha value is -7.73. The van der Waals surface area contributed by atoms with Crippen LogP contribution in [0.4, 0.5) is 14.5 Å². The van der Waals surface area contributed by atoms with E-state index in [1.165, 1.54) is 33.8 Å². The van der Waals surface area contributed by atoms with E-state index in [0.29, 0.717) is 69.5 Å². The molecule has 16 nitrogen and oxygen atoms in total. The zero-order valence-corrected chi connectivity index (χ0v) is 38.9. The van der Waals surface area contributed by atoms with Crippen molar-refractivity contribution in [3.05, 3.63) is 152 Å². The lowest BCUT2D eigenvalue weighted by atomic mass is 9.83. The fraction of sp³-hybridized carbons (Fsp3) is 0.314. The fourth-order valence-corrected chi connectivity index (χ4v) is 11.2. The number of imidazole rings is 1. The highest BCUT2D eigenvalue weighted by Gasteiger charge is 2.59. The number of aromatic nitrogens is 10. The van der Waals surface area contributed by atoms with Crippen LogP contribution in [-0.2, 0) is 17.3 Å². The Morgan fingerprint density at radius 2 is 1.65 bits per heavy atom. The summed E-state index contributed by atoms with van der Waals surface area (Å²) in [6, 6.07) is 17.5. The van der Waals surface area contributed by atoms with Crippen LogP contribution in [0.5, 0.6) is 0 Å². The number of ether oxygens (including phenoxy) is 1. The van der Waals surface area contributed by atoms with Crippen LogP contribution in [0.2, 0.25) is 0 Å². The molecule has 8 heterocycles. The Kier molecular flexibility index (Phi) is 9.19. The van der Waals surface area contributed by atoms with Crippen LogP contribution in [0.25, 0.3) is 50.4 Å². The Balaban J connectivity index is 1.07. The Morgan fingerprint density at radius 1 is 0.899 bits per heavy atom. The summed E-state index contributed by atoms with van der Waals surface area (Å²) in [7, 11) is 1.71. The minimum Gasteiger partial charge on any atom is -0.376 e. The van der Waals surface area contributed by atoms with Crippen molar-refractivity contribution >= 4 is 33.4 Å². The van der Waals surface area contributed by atoms with Crippen molar-refractivity contribution in [1.29, 1.82) is 0 Å². The van der Waals surface area contributed by atoms with Gasteiger partial charge in [-0.15, -0.1) is 0 Å². The van der Waals surface area contributed by atoms with Crippen LogP contribution >= 0.6 is 0 Å². The maximum absolute atomic E-state index is 16.3. The zero-order chi connectivity index (χ0) is 48.0. The van der Waals surface area contributed by atoms with E-state index in [1.807, 2.05) is 36.6 Å². The van der Waals surface area contributed by atoms with Crippen LogP contribution in [0, 0.1) is 31.4 Å². The lowest BCUT2D eigenvalue weighted by Gasteiger charge is -2.35. The number of anilines is 1. The molecule has 1 aliphatic carbocycles. The predicted molar refractivity (Wildman–Crippen MR) is 253 cm³/mol. The van der Waals surface area contributed by atoms with Gasteiger partial charge in [0, 0.05) is 48.7 Å². The van der Waals surface area contributed by atoms with Gasteiger partial charge < -0.3 is 9.30 Å². The molecule has 69 heavy (non-hydrogen) atoms. The number of hydrogen-bond acceptors (Lipinski definition) is 9. The summed E-state index contributed by atoms with van der Waals surface area (Å²) >= 11 is 0. The highest BCUT2D eigenvalue weighted by molar-refractivity contribution is 6.11. The molecule has 3 aromatic carbocycles. The maximum atomic E-state index is 16.3. The van der Waals surface area contributed by atoms with E-state index >= 15 is 13.6 Å². The van der Waals surface area contributed by atoms with Crippen LogP contribution in [0.15, 0.2) is 99.6 Å². The van der Waals surface area contributed by atoms with Gasteiger partial charge in [0.15, 0.2) is 17.5 Å². The number of nitrogens with one attached hydrogen (secondary N) is 1. The number of nitrogens with zero attached hydrogens (tertiary/aromatic N) is 10. The predicted octanol–water partition coefficient (Wildman–Crippen LogP) is 8.47. The Labute approximate surface area is 392 Å². The van der Waals surface area contributed by atoms with Crippen molar-refractivity contribution in [3.8, 4) is 28.6 Å². The van der Waals surface area contributed by atoms with Crippen LogP contribution in [-0.4, -0.2) is 66.5 Å². The number of aryl methyl sites for hydroxylation is 3. The second-order valence-corrected chi connectivity index (χ2v) is 19.5. The number of aromatic amines is 1. The van der Waals surface area contributed by atoms with Gasteiger partial charge in [-0.3, -0.25) is 38.0 Å². The number of benzene rings is 3. The standard InChI is InChI=1S/C51H47F2N11O5/c1-26-19-33(20-27(2)41(26)52)64-45(61-17-16-60(49(61)67)37-13-12-36-34(42(37)53)25-55-59(36)7)40-29(4)62(38-9-8-15-54-43(38)44(40)57-64)46(65)39-22-32-21-30(31-14-18-68-50(5,6)24-31)10-11-35(32)63(39)51(23-28(51)3)47-56-48(66)69-58-47/h8-13,15-17,19-22,25,28-29,31H,14,18,23-24H2,1-7H3,(H,56,58,66)/t28-,29-,31-,51-/m0/s1. The largest absolute Gasteiger partial charge is 0.438 e. The summed E-state index contributed by atoms with van der Waals surface area (Å²) in [6.45, 7) is 12.1. The van der Waals surface area contributed by atoms with E-state index in [4.69, 9.17) is 19.3 Å². The van der Waals surface area contributed by atoms with Gasteiger partial charge in [-0.1, -0.05) is 18.1 Å². The molecule has 18 heteroatoms. The summed E-state index contributed by atoms with van der Waals surface area (Å²) in [4.78, 5) is 52.8. The molecule has 1 saturated heterocycles. The molecular weight excluding hydrogens is 885 g/mol. The van der Waals surface area contributed by atoms with Crippen molar-refractivity contribution in [1.82, 2.24) is 48.4 Å². The molecule has 0 spiro atoms. The van der Waals surface area contributed by atoms with E-state index in [2.05, 4.69) is 41.2 Å². The number of amides is 1. The first-order valence-electron chi connectivity index (χ1n) is 23.0. The van der Waals surface area contributed by atoms with Crippen molar-refractivity contribution in [2.45, 2.75) is 83.9 Å². The summed E-state index contributed by atoms with van der Waals surface area (Å²) < 4.78 is 50.5. The summed E-state index contributed by atoms with van der Waals surface area (Å²) in [6.07, 6.45) is 8.30. The lowest BCUT2D eigenvalue weighted by Crippen LogP contribution is -2.39. The normalized spacial score (nSPS) is 20.7. The summed E-state index contributed by atoms with van der Waals surface area (Å²) in [5.74, 6) is -1.35. The minimum absolute atomic E-state index is 0.0118. The van der Waals surface area contributed by atoms with Gasteiger partial charge in [0.2, 0.25) is 0 Å². The second kappa shape index (κ2) is 14.9. The quantitative estimate of drug-likeness (QED) is 0.165. The molecule has 9 aromatic rings. The molecule has 3 aliphatic rings. The zero-order valence-electron chi connectivity index (χ0n) is 38.9. The average molecular weight is 932 g/mol. The van der Waals surface area contributed by atoms with E-state index in [9.17, 15) is 9.59 Å². The molecule has 6 aromatic heterocycles. The van der Waals surface area contributed by atoms with Gasteiger partial charge in [-0.25, -0.2) is 23.1 Å². The minimum atomic E-state index is -0.929. The number of fused-ring (bicyclic) bond motifs is 5. The third-order valence-corrected chi connectivity index (χ3v) is 14.7. The number of pyridine rings is 1. The number of carbonyl (C=O) groups is 1. The highest BCUT2D eigenvalue weighted by Crippen LogP contribution is 2.56. The van der Waals surface area contributed by atoms with Crippen LogP contribution < -0.4 is 16.3 Å². The molecule has 1 amide bonds. The molecular formula is C51H47F2N11O5. The number of halogens is 2. The molecule has 0 unspecified atom stereocenters. The molecule has 350 valence electrons. The van der Waals surface area contributed by atoms with E-state index in [-0.39, 0.29) is 46.1 Å². The second-order valence-electron chi connectivity index (χ2n) is 19.5. The Morgan fingerprint density at radius 3 is 2.38 bits per heavy atom. The van der Waals surface area contributed by atoms with Gasteiger partial charge in [-0.05, 0) is 137 Å². The van der Waals surface area contributed by atoms with Gasteiger partial charge in [0.05, 0.1) is 45.8 Å². The molecule has 0 bridgehead atoms. The first kappa shape index (κ1) is 42.6. The van der Waals surface area contributed by atoms with Crippen molar-refractivity contribution in [2.24, 2.45) is 13.0 Å². The third-order valence-electron chi connectivity index (χ3n) is 14.7. The third kappa shape index (κ3) is 6.23. The number of carbonyl (C=O) groups excluding carboxylic acids is 1. The highest BCUT2D eigenvalue weighted by atomic mass is 19.1. The molecule has 4 atom stereocenters. The Bertz CT molecular complexity index is 3730. The average Bonchev–Trinajstić information content (AvgIpc) is 3.96. The van der Waals surface area contributed by atoms with Gasteiger partial charge in [0.1, 0.15) is 28.4 Å². The monoisotopic (exact) mass is 931 g/mol. The van der Waals surface area contributed by atoms with Gasteiger partial charge >= 0.3 is 11.4 Å². The molecule has 2 aliphatic heterocycles. The fourth-order valence-electron chi connectivity index (χ4n) is 11.2. The van der Waals surface area contributed by atoms with Crippen molar-refractivity contribution < 1.29 is 22.8 Å². The topological polar surface area (TPSA) is 169 Å². The molecule has 2 fully saturated rings. The maximum Gasteiger partial charge on any atom is 0.438 e. The number of H-pyrrole nitrogens is 1. The lowest BCUT2D eigenvalue weighted by molar-refractivity contribution is -0.0592. The first-order chi connectivity index (χ1) is 33.1. The summed E-state index contributed by atoms with van der Waals surface area (Å²) in [5.41, 5.74) is 3.85. The molecule has 12 rings (SSSR count). The molecule has 1 saturated carbocycles. The van der Waals surface area contributed by atoms with Crippen molar-refractivity contribution in [3.63, 3.8) is 0 Å². The first-order valence-corrected chi connectivity index (χ1v) is 23.0. The van der Waals surface area contributed by atoms with Crippen LogP contribution in [0.3, 0.4) is 0 Å².